The summed E-state index contributed by atoms with van der Waals surface area (Å²) in [5.74, 6) is 0.143. The molecule has 0 aliphatic rings. The topological polar surface area (TPSA) is 93.2 Å². The lowest BCUT2D eigenvalue weighted by Gasteiger charge is -2.10. The summed E-state index contributed by atoms with van der Waals surface area (Å²) >= 11 is 7.50. The number of ether oxygens (including phenoxy) is 1. The highest BCUT2D eigenvalue weighted by atomic mass is 35.5. The summed E-state index contributed by atoms with van der Waals surface area (Å²) in [6.45, 7) is 3.60. The number of aromatic nitrogens is 2. The highest BCUT2D eigenvalue weighted by Gasteiger charge is 2.09. The molecule has 1 aromatic heterocycles. The van der Waals surface area contributed by atoms with Crippen LogP contribution in [0.5, 0.6) is 5.75 Å². The van der Waals surface area contributed by atoms with Gasteiger partial charge in [0.15, 0.2) is 11.8 Å². The number of amides is 2. The second-order valence-corrected chi connectivity index (χ2v) is 7.99. The monoisotopic (exact) mass is 456 g/mol. The van der Waals surface area contributed by atoms with Crippen LogP contribution in [0, 0.1) is 13.8 Å². The normalized spacial score (nSPS) is 10.4. The fraction of sp³-hybridized carbons (Fsp3) is 0.182. The molecule has 0 radical (unpaired) electrons. The second kappa shape index (κ2) is 10.8. The predicted molar refractivity (Wildman–Crippen MR) is 120 cm³/mol. The number of thioether (sulfide) groups is 1. The molecule has 2 amide bonds. The fourth-order valence-corrected chi connectivity index (χ4v) is 3.69. The van der Waals surface area contributed by atoms with E-state index in [1.807, 2.05) is 32.0 Å². The molecule has 31 heavy (non-hydrogen) atoms. The molecule has 3 aromatic rings. The first-order valence-electron chi connectivity index (χ1n) is 9.41. The number of hydrogen-bond acceptors (Lipinski definition) is 6. The van der Waals surface area contributed by atoms with E-state index in [4.69, 9.17) is 16.3 Å². The van der Waals surface area contributed by atoms with Gasteiger partial charge in [-0.25, -0.2) is 9.97 Å². The third-order valence-corrected chi connectivity index (χ3v) is 5.29. The molecule has 2 aromatic carbocycles. The molecule has 1 heterocycles. The first-order chi connectivity index (χ1) is 14.9. The third-order valence-electron chi connectivity index (χ3n) is 4.06. The summed E-state index contributed by atoms with van der Waals surface area (Å²) in [7, 11) is 0. The maximum Gasteiger partial charge on any atom is 0.276 e. The molecule has 0 aliphatic heterocycles. The molecule has 9 heteroatoms. The van der Waals surface area contributed by atoms with Gasteiger partial charge >= 0.3 is 0 Å². The van der Waals surface area contributed by atoms with Gasteiger partial charge in [-0.2, -0.15) is 0 Å². The van der Waals surface area contributed by atoms with Gasteiger partial charge in [-0.05, 0) is 49.7 Å². The number of benzene rings is 2. The maximum absolute atomic E-state index is 12.2. The molecule has 0 aliphatic carbocycles. The fourth-order valence-electron chi connectivity index (χ4n) is 2.60. The van der Waals surface area contributed by atoms with Crippen molar-refractivity contribution in [3.8, 4) is 5.75 Å². The molecule has 0 unspecified atom stereocenters. The molecule has 0 fully saturated rings. The molecule has 0 spiro atoms. The van der Waals surface area contributed by atoms with Gasteiger partial charge < -0.3 is 4.74 Å². The van der Waals surface area contributed by atoms with Crippen LogP contribution in [-0.2, 0) is 10.5 Å². The van der Waals surface area contributed by atoms with Crippen molar-refractivity contribution in [3.05, 3.63) is 82.1 Å². The van der Waals surface area contributed by atoms with Gasteiger partial charge in [-0.15, -0.1) is 0 Å². The van der Waals surface area contributed by atoms with Crippen molar-refractivity contribution in [3.63, 3.8) is 0 Å². The van der Waals surface area contributed by atoms with Crippen molar-refractivity contribution in [1.82, 2.24) is 20.8 Å². The number of carbonyl (C=O) groups is 2. The number of hydrogen-bond donors (Lipinski definition) is 2. The van der Waals surface area contributed by atoms with Crippen LogP contribution in [0.15, 0.2) is 59.8 Å². The first kappa shape index (κ1) is 22.6. The summed E-state index contributed by atoms with van der Waals surface area (Å²) in [5.41, 5.74) is 7.99. The molecule has 0 bridgehead atoms. The third kappa shape index (κ3) is 6.97. The number of aryl methyl sites for hydroxylation is 2. The van der Waals surface area contributed by atoms with Crippen molar-refractivity contribution in [2.24, 2.45) is 0 Å². The van der Waals surface area contributed by atoms with Gasteiger partial charge in [-0.3, -0.25) is 20.4 Å². The van der Waals surface area contributed by atoms with E-state index in [9.17, 15) is 9.59 Å². The van der Waals surface area contributed by atoms with Crippen LogP contribution in [0.3, 0.4) is 0 Å². The molecular formula is C22H21ClN4O3S. The van der Waals surface area contributed by atoms with Crippen LogP contribution in [0.1, 0.15) is 27.3 Å². The number of hydrazine groups is 1. The molecule has 0 atom stereocenters. The van der Waals surface area contributed by atoms with Crippen LogP contribution in [-0.4, -0.2) is 28.4 Å². The average molecular weight is 457 g/mol. The van der Waals surface area contributed by atoms with Crippen molar-refractivity contribution in [1.29, 1.82) is 0 Å². The standard InChI is InChI=1S/C22H21ClN4O3S/c1-14-11-15(2)25-22(24-14)31-13-16-7-9-17(10-8-16)21(29)27-26-20(28)12-30-19-6-4-3-5-18(19)23/h3-11H,12-13H2,1-2H3,(H,26,28)(H,27,29). The number of nitrogens with zero attached hydrogens (tertiary/aromatic N) is 2. The largest absolute Gasteiger partial charge is 0.482 e. The highest BCUT2D eigenvalue weighted by molar-refractivity contribution is 7.98. The van der Waals surface area contributed by atoms with Crippen LogP contribution in [0.2, 0.25) is 5.02 Å². The smallest absolute Gasteiger partial charge is 0.276 e. The van der Waals surface area contributed by atoms with Crippen molar-refractivity contribution in [2.45, 2.75) is 24.8 Å². The maximum atomic E-state index is 12.2. The van der Waals surface area contributed by atoms with E-state index in [1.165, 1.54) is 11.8 Å². The van der Waals surface area contributed by atoms with Crippen molar-refractivity contribution in [2.75, 3.05) is 6.61 Å². The van der Waals surface area contributed by atoms with Gasteiger partial charge in [0.05, 0.1) is 5.02 Å². The summed E-state index contributed by atoms with van der Waals surface area (Å²) in [6.07, 6.45) is 0. The zero-order chi connectivity index (χ0) is 22.2. The van der Waals surface area contributed by atoms with Gasteiger partial charge in [0, 0.05) is 22.7 Å². The summed E-state index contributed by atoms with van der Waals surface area (Å²) < 4.78 is 5.32. The van der Waals surface area contributed by atoms with Crippen molar-refractivity contribution >= 4 is 35.2 Å². The number of para-hydroxylation sites is 1. The van der Waals surface area contributed by atoms with E-state index in [0.717, 1.165) is 22.1 Å². The molecule has 7 nitrogen and oxygen atoms in total. The van der Waals surface area contributed by atoms with Crippen LogP contribution >= 0.6 is 23.4 Å². The molecule has 0 saturated heterocycles. The van der Waals surface area contributed by atoms with Crippen LogP contribution in [0.4, 0.5) is 0 Å². The average Bonchev–Trinajstić information content (AvgIpc) is 2.75. The van der Waals surface area contributed by atoms with Gasteiger partial charge in [0.25, 0.3) is 11.8 Å². The lowest BCUT2D eigenvalue weighted by atomic mass is 10.1. The first-order valence-corrected chi connectivity index (χ1v) is 10.8. The molecule has 0 saturated carbocycles. The second-order valence-electron chi connectivity index (χ2n) is 6.64. The van der Waals surface area contributed by atoms with E-state index < -0.39 is 11.8 Å². The van der Waals surface area contributed by atoms with E-state index in [-0.39, 0.29) is 6.61 Å². The Balaban J connectivity index is 1.45. The van der Waals surface area contributed by atoms with Crippen molar-refractivity contribution < 1.29 is 14.3 Å². The Bertz CT molecular complexity index is 1060. The minimum atomic E-state index is -0.505. The Morgan fingerprint density at radius 2 is 1.68 bits per heavy atom. The SMILES string of the molecule is Cc1cc(C)nc(SCc2ccc(C(=O)NNC(=O)COc3ccccc3Cl)cc2)n1. The van der Waals surface area contributed by atoms with Crippen LogP contribution < -0.4 is 15.6 Å². The number of halogens is 1. The van der Waals surface area contributed by atoms with Gasteiger partial charge in [-0.1, -0.05) is 47.6 Å². The van der Waals surface area contributed by atoms with Gasteiger partial charge in [0.2, 0.25) is 0 Å². The summed E-state index contributed by atoms with van der Waals surface area (Å²) in [6, 6.07) is 15.8. The predicted octanol–water partition coefficient (Wildman–Crippen LogP) is 3.88. The quantitative estimate of drug-likeness (QED) is 0.318. The zero-order valence-electron chi connectivity index (χ0n) is 17.0. The van der Waals surface area contributed by atoms with Gasteiger partial charge in [0.1, 0.15) is 5.75 Å². The summed E-state index contributed by atoms with van der Waals surface area (Å²) in [4.78, 5) is 32.9. The lowest BCUT2D eigenvalue weighted by Crippen LogP contribution is -2.43. The Hall–Kier alpha value is -3.10. The van der Waals surface area contributed by atoms with E-state index in [0.29, 0.717) is 22.1 Å². The molecule has 3 rings (SSSR count). The Morgan fingerprint density at radius 3 is 2.35 bits per heavy atom. The van der Waals surface area contributed by atoms with E-state index in [2.05, 4.69) is 20.8 Å². The lowest BCUT2D eigenvalue weighted by molar-refractivity contribution is -0.123. The van der Waals surface area contributed by atoms with Crippen LogP contribution in [0.25, 0.3) is 0 Å². The highest BCUT2D eigenvalue weighted by Crippen LogP contribution is 2.23. The Labute approximate surface area is 189 Å². The van der Waals surface area contributed by atoms with E-state index >= 15 is 0 Å². The molecule has 2 N–H and O–H groups in total. The number of carbonyl (C=O) groups excluding carboxylic acids is 2. The van der Waals surface area contributed by atoms with E-state index in [1.54, 1.807) is 36.4 Å². The summed E-state index contributed by atoms with van der Waals surface area (Å²) in [5, 5.41) is 1.13. The molecular weight excluding hydrogens is 436 g/mol. The number of nitrogens with one attached hydrogen (secondary N) is 2. The Kier molecular flexibility index (Phi) is 7.86. The minimum absolute atomic E-state index is 0.277. The zero-order valence-corrected chi connectivity index (χ0v) is 18.6. The Morgan fingerprint density at radius 1 is 1.00 bits per heavy atom. The minimum Gasteiger partial charge on any atom is -0.482 e. The number of rotatable bonds is 7. The molecule has 160 valence electrons.